The maximum absolute atomic E-state index is 11.6. The average molecular weight is 327 g/mol. The van der Waals surface area contributed by atoms with Crippen LogP contribution in [0, 0.1) is 0 Å². The molecule has 0 atom stereocenters. The molecule has 1 aromatic rings. The first-order valence-electron chi connectivity index (χ1n) is 6.35. The summed E-state index contributed by atoms with van der Waals surface area (Å²) >= 11 is 3.36. The molecule has 0 fully saturated rings. The van der Waals surface area contributed by atoms with Gasteiger partial charge in [0.1, 0.15) is 0 Å². The summed E-state index contributed by atoms with van der Waals surface area (Å²) in [7, 11) is 0. The lowest BCUT2D eigenvalue weighted by Gasteiger charge is -2.21. The van der Waals surface area contributed by atoms with Crippen LogP contribution in [-0.2, 0) is 9.59 Å². The van der Waals surface area contributed by atoms with Gasteiger partial charge in [-0.15, -0.1) is 0 Å². The Morgan fingerprint density at radius 2 is 1.89 bits per heavy atom. The Labute approximate surface area is 122 Å². The van der Waals surface area contributed by atoms with Gasteiger partial charge >= 0.3 is 0 Å². The largest absolute Gasteiger partial charge is 0.354 e. The lowest BCUT2D eigenvalue weighted by Crippen LogP contribution is -2.37. The van der Waals surface area contributed by atoms with E-state index in [-0.39, 0.29) is 11.8 Å². The zero-order chi connectivity index (χ0) is 14.3. The van der Waals surface area contributed by atoms with Gasteiger partial charge in [0.05, 0.1) is 0 Å². The number of anilines is 1. The molecule has 0 saturated carbocycles. The van der Waals surface area contributed by atoms with Crippen molar-refractivity contribution in [1.29, 1.82) is 0 Å². The van der Waals surface area contributed by atoms with Gasteiger partial charge < -0.3 is 10.2 Å². The molecular weight excluding hydrogens is 308 g/mol. The number of nitrogens with one attached hydrogen (secondary N) is 1. The lowest BCUT2D eigenvalue weighted by atomic mass is 10.2. The van der Waals surface area contributed by atoms with E-state index >= 15 is 0 Å². The molecule has 19 heavy (non-hydrogen) atoms. The Bertz CT molecular complexity index is 432. The third-order valence-electron chi connectivity index (χ3n) is 2.65. The molecule has 0 heterocycles. The summed E-state index contributed by atoms with van der Waals surface area (Å²) in [6, 6.07) is 7.53. The first kappa shape index (κ1) is 15.7. The zero-order valence-electron chi connectivity index (χ0n) is 11.3. The molecule has 1 rings (SSSR count). The van der Waals surface area contributed by atoms with Crippen LogP contribution in [0.4, 0.5) is 5.69 Å². The Morgan fingerprint density at radius 3 is 2.42 bits per heavy atom. The minimum Gasteiger partial charge on any atom is -0.354 e. The zero-order valence-corrected chi connectivity index (χ0v) is 12.9. The molecule has 0 radical (unpaired) electrons. The summed E-state index contributed by atoms with van der Waals surface area (Å²) in [6.45, 7) is 4.43. The van der Waals surface area contributed by atoms with Gasteiger partial charge in [0, 0.05) is 36.6 Å². The minimum atomic E-state index is -0.0351. The van der Waals surface area contributed by atoms with Crippen LogP contribution in [0.15, 0.2) is 28.7 Å². The summed E-state index contributed by atoms with van der Waals surface area (Å²) in [4.78, 5) is 24.6. The van der Waals surface area contributed by atoms with Gasteiger partial charge in [0.25, 0.3) is 0 Å². The minimum absolute atomic E-state index is 0.0295. The van der Waals surface area contributed by atoms with Crippen molar-refractivity contribution in [2.24, 2.45) is 0 Å². The molecule has 0 bridgehead atoms. The van der Waals surface area contributed by atoms with Crippen molar-refractivity contribution in [3.05, 3.63) is 28.7 Å². The molecule has 1 aromatic carbocycles. The van der Waals surface area contributed by atoms with Crippen LogP contribution in [0.2, 0.25) is 0 Å². The first-order valence-corrected chi connectivity index (χ1v) is 7.14. The van der Waals surface area contributed by atoms with E-state index in [2.05, 4.69) is 21.2 Å². The quantitative estimate of drug-likeness (QED) is 0.873. The molecule has 0 aliphatic heterocycles. The van der Waals surface area contributed by atoms with Crippen molar-refractivity contribution in [2.45, 2.75) is 26.7 Å². The molecule has 5 heteroatoms. The van der Waals surface area contributed by atoms with Crippen molar-refractivity contribution in [2.75, 3.05) is 18.0 Å². The highest BCUT2D eigenvalue weighted by Gasteiger charge is 2.11. The van der Waals surface area contributed by atoms with Crippen LogP contribution in [0.3, 0.4) is 0 Å². The fourth-order valence-corrected chi connectivity index (χ4v) is 1.98. The number of rotatable bonds is 6. The first-order chi connectivity index (χ1) is 9.04. The average Bonchev–Trinajstić information content (AvgIpc) is 2.36. The van der Waals surface area contributed by atoms with E-state index in [9.17, 15) is 9.59 Å². The fraction of sp³-hybridized carbons (Fsp3) is 0.429. The van der Waals surface area contributed by atoms with Crippen molar-refractivity contribution in [3.63, 3.8) is 0 Å². The predicted octanol–water partition coefficient (Wildman–Crippen LogP) is 2.72. The summed E-state index contributed by atoms with van der Waals surface area (Å²) < 4.78 is 0.969. The van der Waals surface area contributed by atoms with E-state index in [0.29, 0.717) is 19.5 Å². The number of carbonyl (C=O) groups excluding carboxylic acids is 2. The Hall–Kier alpha value is -1.36. The molecule has 0 aliphatic rings. The molecule has 0 saturated heterocycles. The number of carbonyl (C=O) groups is 2. The van der Waals surface area contributed by atoms with E-state index < -0.39 is 0 Å². The number of hydrogen-bond donors (Lipinski definition) is 1. The maximum atomic E-state index is 11.6. The number of amides is 2. The molecule has 1 N–H and O–H groups in total. The molecule has 4 nitrogen and oxygen atoms in total. The van der Waals surface area contributed by atoms with Gasteiger partial charge in [-0.3, -0.25) is 9.59 Å². The van der Waals surface area contributed by atoms with E-state index in [4.69, 9.17) is 0 Å². The SMILES string of the molecule is CCCC(=O)NCCN(C(C)=O)c1ccc(Br)cc1. The third kappa shape index (κ3) is 5.42. The van der Waals surface area contributed by atoms with Gasteiger partial charge in [-0.1, -0.05) is 22.9 Å². The van der Waals surface area contributed by atoms with Crippen molar-refractivity contribution in [1.82, 2.24) is 5.32 Å². The standard InChI is InChI=1S/C14H19BrN2O2/c1-3-4-14(19)16-9-10-17(11(2)18)13-7-5-12(15)6-8-13/h5-8H,3-4,9-10H2,1-2H3,(H,16,19). The molecule has 0 spiro atoms. The molecule has 104 valence electrons. The monoisotopic (exact) mass is 326 g/mol. The molecule has 0 aromatic heterocycles. The smallest absolute Gasteiger partial charge is 0.223 e. The second-order valence-electron chi connectivity index (χ2n) is 4.25. The third-order valence-corrected chi connectivity index (χ3v) is 3.18. The topological polar surface area (TPSA) is 49.4 Å². The van der Waals surface area contributed by atoms with E-state index in [1.165, 1.54) is 6.92 Å². The van der Waals surface area contributed by atoms with Crippen LogP contribution < -0.4 is 10.2 Å². The Morgan fingerprint density at radius 1 is 1.26 bits per heavy atom. The van der Waals surface area contributed by atoms with Gasteiger partial charge in [-0.25, -0.2) is 0 Å². The van der Waals surface area contributed by atoms with Gasteiger partial charge in [0.15, 0.2) is 0 Å². The normalized spacial score (nSPS) is 10.1. The fourth-order valence-electron chi connectivity index (χ4n) is 1.71. The second-order valence-corrected chi connectivity index (χ2v) is 5.16. The number of benzene rings is 1. The summed E-state index contributed by atoms with van der Waals surface area (Å²) in [5, 5.41) is 2.81. The van der Waals surface area contributed by atoms with Gasteiger partial charge in [-0.05, 0) is 30.7 Å². The van der Waals surface area contributed by atoms with Crippen LogP contribution in [-0.4, -0.2) is 24.9 Å². The van der Waals surface area contributed by atoms with Crippen molar-refractivity contribution < 1.29 is 9.59 Å². The van der Waals surface area contributed by atoms with Crippen LogP contribution in [0.25, 0.3) is 0 Å². The van der Waals surface area contributed by atoms with E-state index in [1.807, 2.05) is 31.2 Å². The highest BCUT2D eigenvalue weighted by molar-refractivity contribution is 9.10. The lowest BCUT2D eigenvalue weighted by molar-refractivity contribution is -0.121. The summed E-state index contributed by atoms with van der Waals surface area (Å²) in [6.07, 6.45) is 1.35. The summed E-state index contributed by atoms with van der Waals surface area (Å²) in [5.41, 5.74) is 0.834. The van der Waals surface area contributed by atoms with Gasteiger partial charge in [0.2, 0.25) is 11.8 Å². The number of hydrogen-bond acceptors (Lipinski definition) is 2. The van der Waals surface area contributed by atoms with E-state index in [0.717, 1.165) is 16.6 Å². The predicted molar refractivity (Wildman–Crippen MR) is 80.1 cm³/mol. The highest BCUT2D eigenvalue weighted by Crippen LogP contribution is 2.18. The van der Waals surface area contributed by atoms with Crippen molar-refractivity contribution >= 4 is 33.4 Å². The number of halogens is 1. The molecule has 0 aliphatic carbocycles. The van der Waals surface area contributed by atoms with Crippen LogP contribution in [0.5, 0.6) is 0 Å². The molecular formula is C14H19BrN2O2. The highest BCUT2D eigenvalue weighted by atomic mass is 79.9. The van der Waals surface area contributed by atoms with Gasteiger partial charge in [-0.2, -0.15) is 0 Å². The Kier molecular flexibility index (Phi) is 6.56. The molecule has 2 amide bonds. The van der Waals surface area contributed by atoms with Crippen LogP contribution in [0.1, 0.15) is 26.7 Å². The number of nitrogens with zero attached hydrogens (tertiary/aromatic N) is 1. The Balaban J connectivity index is 2.57. The van der Waals surface area contributed by atoms with Crippen LogP contribution >= 0.6 is 15.9 Å². The van der Waals surface area contributed by atoms with E-state index in [1.54, 1.807) is 4.90 Å². The maximum Gasteiger partial charge on any atom is 0.223 e. The van der Waals surface area contributed by atoms with Crippen molar-refractivity contribution in [3.8, 4) is 0 Å². The summed E-state index contributed by atoms with van der Waals surface area (Å²) in [5.74, 6) is -0.00567. The molecule has 0 unspecified atom stereocenters. The second kappa shape index (κ2) is 7.94.